The lowest BCUT2D eigenvalue weighted by molar-refractivity contribution is -0.375. The summed E-state index contributed by atoms with van der Waals surface area (Å²) in [5.74, 6) is -0.589. The van der Waals surface area contributed by atoms with Gasteiger partial charge < -0.3 is 19.7 Å². The van der Waals surface area contributed by atoms with Crippen LogP contribution in [0.5, 0.6) is 6.01 Å². The third-order valence-electron chi connectivity index (χ3n) is 13.2. The van der Waals surface area contributed by atoms with Gasteiger partial charge in [0, 0.05) is 36.3 Å². The van der Waals surface area contributed by atoms with E-state index in [1.54, 1.807) is 25.1 Å². The monoisotopic (exact) mass is 790 g/mol. The Balaban J connectivity index is 1.10. The molecule has 4 fully saturated rings. The quantitative estimate of drug-likeness (QED) is 0.188. The third kappa shape index (κ3) is 5.90. The highest BCUT2D eigenvalue weighted by Crippen LogP contribution is 2.48. The second-order valence-electron chi connectivity index (χ2n) is 16.4. The van der Waals surface area contributed by atoms with Crippen LogP contribution in [-0.2, 0) is 11.2 Å². The summed E-state index contributed by atoms with van der Waals surface area (Å²) >= 11 is 0. The molecule has 0 saturated carbocycles. The molecule has 7 heterocycles. The number of halogens is 8. The summed E-state index contributed by atoms with van der Waals surface area (Å²) in [6, 6.07) is 8.16. The van der Waals surface area contributed by atoms with Crippen molar-refractivity contribution in [2.24, 2.45) is 0 Å². The standard InChI is InChI=1S/C40H42F8N6O2/c1-21-26(41)12-10-22-6-3-7-25(30(21)22)33-32(42)34-31-28(50-33)8-4-9-29-27-13-11-23(49-27)18-53(29)35(31)52-36(51-34)55-20-38-15-5-17-54(38)24(14-16-38)19-56-37(2,39(43,44)45)40(46,47)48/h3,6-7,10,12,23-24,27,29,49H,4-5,8-9,11,13-20H2,1-2H3/t23?,24-,27?,29+,38-/m0/s1. The molecule has 0 amide bonds. The molecule has 1 N–H and O–H groups in total. The van der Waals surface area contributed by atoms with Crippen LogP contribution in [0.4, 0.5) is 40.9 Å². The lowest BCUT2D eigenvalue weighted by Crippen LogP contribution is -2.58. The van der Waals surface area contributed by atoms with Crippen LogP contribution < -0.4 is 15.0 Å². The van der Waals surface area contributed by atoms with Crippen LogP contribution in [-0.4, -0.2) is 93.8 Å². The van der Waals surface area contributed by atoms with Gasteiger partial charge in [0.25, 0.3) is 5.60 Å². The van der Waals surface area contributed by atoms with Gasteiger partial charge >= 0.3 is 18.4 Å². The smallest absolute Gasteiger partial charge is 0.426 e. The maximum Gasteiger partial charge on any atom is 0.426 e. The normalized spacial score (nSPS) is 26.8. The van der Waals surface area contributed by atoms with Crippen LogP contribution in [0.25, 0.3) is 32.9 Å². The molecular weight excluding hydrogens is 748 g/mol. The molecule has 8 nitrogen and oxygen atoms in total. The fourth-order valence-corrected chi connectivity index (χ4v) is 10.1. The first-order valence-corrected chi connectivity index (χ1v) is 19.4. The van der Waals surface area contributed by atoms with Gasteiger partial charge in [-0.3, -0.25) is 4.90 Å². The predicted molar refractivity (Wildman–Crippen MR) is 193 cm³/mol. The molecule has 0 spiro atoms. The molecule has 2 aromatic carbocycles. The van der Waals surface area contributed by atoms with Crippen molar-refractivity contribution in [1.29, 1.82) is 0 Å². The predicted octanol–water partition coefficient (Wildman–Crippen LogP) is 8.35. The maximum absolute atomic E-state index is 17.3. The number of anilines is 1. The largest absolute Gasteiger partial charge is 0.461 e. The topological polar surface area (TPSA) is 75.6 Å². The van der Waals surface area contributed by atoms with Crippen molar-refractivity contribution in [2.45, 2.75) is 119 Å². The number of alkyl halides is 6. The molecule has 4 saturated heterocycles. The number of ether oxygens (including phenoxy) is 2. The summed E-state index contributed by atoms with van der Waals surface area (Å²) in [6.07, 6.45) is -5.11. The lowest BCUT2D eigenvalue weighted by Gasteiger charge is -2.43. The Morgan fingerprint density at radius 2 is 1.71 bits per heavy atom. The van der Waals surface area contributed by atoms with E-state index in [0.717, 1.165) is 31.1 Å². The fraction of sp³-hybridized carbons (Fsp3) is 0.575. The first kappa shape index (κ1) is 37.7. The van der Waals surface area contributed by atoms with Crippen molar-refractivity contribution in [1.82, 2.24) is 25.2 Å². The van der Waals surface area contributed by atoms with E-state index in [0.29, 0.717) is 78.6 Å². The number of piperazine rings is 1. The molecule has 4 aromatic rings. The Labute approximate surface area is 317 Å². The first-order valence-electron chi connectivity index (χ1n) is 19.4. The number of pyridine rings is 1. The second kappa shape index (κ2) is 13.3. The van der Waals surface area contributed by atoms with Gasteiger partial charge in [-0.05, 0) is 101 Å². The number of hydrogen-bond acceptors (Lipinski definition) is 8. The summed E-state index contributed by atoms with van der Waals surface area (Å²) in [5, 5.41) is 5.51. The van der Waals surface area contributed by atoms with Crippen molar-refractivity contribution in [3.63, 3.8) is 0 Å². The fourth-order valence-electron chi connectivity index (χ4n) is 10.1. The minimum absolute atomic E-state index is 0.00526. The number of benzene rings is 2. The van der Waals surface area contributed by atoms with Crippen LogP contribution in [0.15, 0.2) is 30.3 Å². The molecule has 16 heteroatoms. The number of aromatic nitrogens is 3. The molecule has 56 heavy (non-hydrogen) atoms. The van der Waals surface area contributed by atoms with Crippen LogP contribution in [0.3, 0.4) is 0 Å². The molecule has 2 aromatic heterocycles. The molecule has 5 atom stereocenters. The summed E-state index contributed by atoms with van der Waals surface area (Å²) in [5.41, 5.74) is -3.50. The van der Waals surface area contributed by atoms with Crippen molar-refractivity contribution in [2.75, 3.05) is 31.2 Å². The summed E-state index contributed by atoms with van der Waals surface area (Å²) in [4.78, 5) is 18.7. The Hall–Kier alpha value is -3.89. The Morgan fingerprint density at radius 3 is 2.50 bits per heavy atom. The molecule has 5 aliphatic heterocycles. The third-order valence-corrected chi connectivity index (χ3v) is 13.2. The highest BCUT2D eigenvalue weighted by Gasteiger charge is 2.69. The van der Waals surface area contributed by atoms with Gasteiger partial charge in [-0.25, -0.2) is 13.8 Å². The lowest BCUT2D eigenvalue weighted by atomic mass is 9.93. The number of nitrogens with zero attached hydrogens (tertiary/aromatic N) is 5. The highest BCUT2D eigenvalue weighted by atomic mass is 19.4. The maximum atomic E-state index is 17.3. The van der Waals surface area contributed by atoms with Crippen LogP contribution in [0.2, 0.25) is 0 Å². The molecule has 2 bridgehead atoms. The van der Waals surface area contributed by atoms with E-state index in [4.69, 9.17) is 24.4 Å². The SMILES string of the molecule is Cc1c(F)ccc2cccc(-c3nc4c5c(nc(OC[C@@]67CCCN6[C@H](COC(C)(C(F)(F)F)C(F)(F)F)CC7)nc5c3F)N3CC5CCC(N5)[C@H]3CCC4)c12. The number of aryl methyl sites for hydroxylation is 2. The van der Waals surface area contributed by atoms with Crippen molar-refractivity contribution < 1.29 is 44.6 Å². The van der Waals surface area contributed by atoms with E-state index in [1.807, 2.05) is 11.0 Å². The summed E-state index contributed by atoms with van der Waals surface area (Å²) in [7, 11) is 0. The van der Waals surface area contributed by atoms with E-state index in [-0.39, 0.29) is 48.9 Å². The second-order valence-corrected chi connectivity index (χ2v) is 16.4. The van der Waals surface area contributed by atoms with E-state index >= 15 is 4.39 Å². The van der Waals surface area contributed by atoms with E-state index in [2.05, 4.69) is 10.2 Å². The zero-order chi connectivity index (χ0) is 39.4. The van der Waals surface area contributed by atoms with Crippen LogP contribution in [0.1, 0.15) is 69.5 Å². The van der Waals surface area contributed by atoms with Gasteiger partial charge in [0.2, 0.25) is 0 Å². The van der Waals surface area contributed by atoms with Crippen molar-refractivity contribution >= 4 is 27.5 Å². The van der Waals surface area contributed by atoms with Gasteiger partial charge in [0.15, 0.2) is 5.82 Å². The van der Waals surface area contributed by atoms with Gasteiger partial charge in [0.05, 0.1) is 23.2 Å². The van der Waals surface area contributed by atoms with Crippen LogP contribution >= 0.6 is 0 Å². The minimum Gasteiger partial charge on any atom is -0.461 e. The zero-order valence-electron chi connectivity index (χ0n) is 31.0. The van der Waals surface area contributed by atoms with Gasteiger partial charge in [-0.2, -0.15) is 36.3 Å². The van der Waals surface area contributed by atoms with E-state index in [9.17, 15) is 30.7 Å². The highest BCUT2D eigenvalue weighted by molar-refractivity contribution is 6.01. The molecule has 5 aliphatic rings. The van der Waals surface area contributed by atoms with E-state index < -0.39 is 47.8 Å². The summed E-state index contributed by atoms with van der Waals surface area (Å²) in [6.45, 7) is 2.00. The van der Waals surface area contributed by atoms with Gasteiger partial charge in [-0.1, -0.05) is 24.3 Å². The number of hydrogen-bond donors (Lipinski definition) is 1. The molecule has 0 radical (unpaired) electrons. The molecular formula is C40H42F8N6O2. The Kier molecular flexibility index (Phi) is 8.97. The molecule has 300 valence electrons. The minimum atomic E-state index is -5.66. The molecule has 0 aliphatic carbocycles. The number of rotatable bonds is 7. The van der Waals surface area contributed by atoms with Gasteiger partial charge in [-0.15, -0.1) is 0 Å². The Morgan fingerprint density at radius 1 is 0.911 bits per heavy atom. The number of fused-ring (bicyclic) bond motifs is 7. The van der Waals surface area contributed by atoms with Crippen LogP contribution in [0, 0.1) is 18.6 Å². The Bertz CT molecular complexity index is 2180. The number of nitrogens with one attached hydrogen (secondary N) is 1. The van der Waals surface area contributed by atoms with E-state index in [1.165, 1.54) is 6.07 Å². The average molecular weight is 791 g/mol. The molecule has 9 rings (SSSR count). The molecule has 2 unspecified atom stereocenters. The first-order chi connectivity index (χ1) is 26.6. The van der Waals surface area contributed by atoms with Gasteiger partial charge in [0.1, 0.15) is 29.5 Å². The van der Waals surface area contributed by atoms with Crippen molar-refractivity contribution in [3.05, 3.63) is 53.2 Å². The summed E-state index contributed by atoms with van der Waals surface area (Å²) < 4.78 is 125. The van der Waals surface area contributed by atoms with Crippen molar-refractivity contribution in [3.8, 4) is 17.3 Å². The zero-order valence-corrected chi connectivity index (χ0v) is 31.0. The average Bonchev–Trinajstić information content (AvgIpc) is 3.85.